The van der Waals surface area contributed by atoms with Crippen molar-refractivity contribution in [3.63, 3.8) is 0 Å². The maximum atomic E-state index is 14.4. The third-order valence-corrected chi connectivity index (χ3v) is 4.83. The molecule has 3 rings (SSSR count). The number of para-hydroxylation sites is 1. The number of hydrogen-bond donors (Lipinski definition) is 1. The summed E-state index contributed by atoms with van der Waals surface area (Å²) in [6.07, 6.45) is 6.06. The van der Waals surface area contributed by atoms with Crippen LogP contribution in [0.2, 0.25) is 0 Å². The molecule has 30 heavy (non-hydrogen) atoms. The van der Waals surface area contributed by atoms with Crippen LogP contribution in [0.1, 0.15) is 46.8 Å². The minimum Gasteiger partial charge on any atom is -0.507 e. The van der Waals surface area contributed by atoms with E-state index in [2.05, 4.69) is 12.1 Å². The van der Waals surface area contributed by atoms with Gasteiger partial charge in [-0.15, -0.1) is 0 Å². The molecule has 0 heterocycles. The molecule has 0 atom stereocenters. The zero-order chi connectivity index (χ0) is 21.3. The van der Waals surface area contributed by atoms with Gasteiger partial charge in [0.25, 0.3) is 0 Å². The molecule has 0 unspecified atom stereocenters. The number of benzene rings is 3. The van der Waals surface area contributed by atoms with E-state index in [9.17, 15) is 14.3 Å². The second-order valence-electron chi connectivity index (χ2n) is 7.11. The fraction of sp³-hybridized carbons (Fsp3) is 0.192. The molecule has 0 saturated heterocycles. The molecule has 0 spiro atoms. The molecular weight excluding hydrogens is 379 g/mol. The third-order valence-electron chi connectivity index (χ3n) is 4.83. The van der Waals surface area contributed by atoms with E-state index in [0.717, 1.165) is 19.3 Å². The lowest BCUT2D eigenvalue weighted by Crippen LogP contribution is -1.99. The number of rotatable bonds is 9. The molecule has 0 amide bonds. The molecule has 3 aromatic carbocycles. The Labute approximate surface area is 176 Å². The van der Waals surface area contributed by atoms with Gasteiger partial charge in [-0.1, -0.05) is 54.6 Å². The smallest absolute Gasteiger partial charge is 0.163 e. The van der Waals surface area contributed by atoms with E-state index in [0.29, 0.717) is 23.5 Å². The highest BCUT2D eigenvalue weighted by Crippen LogP contribution is 2.26. The number of phenolic OH excluding ortho intramolecular Hbond substituents is 1. The predicted octanol–water partition coefficient (Wildman–Crippen LogP) is 6.31. The number of carbonyl (C=O) groups excluding carboxylic acids is 1. The highest BCUT2D eigenvalue weighted by molar-refractivity contribution is 5.98. The first kappa shape index (κ1) is 21.3. The second-order valence-corrected chi connectivity index (χ2v) is 7.11. The van der Waals surface area contributed by atoms with Gasteiger partial charge >= 0.3 is 0 Å². The summed E-state index contributed by atoms with van der Waals surface area (Å²) >= 11 is 0. The van der Waals surface area contributed by atoms with Gasteiger partial charge in [-0.3, -0.25) is 4.79 Å². The topological polar surface area (TPSA) is 46.5 Å². The lowest BCUT2D eigenvalue weighted by Gasteiger charge is -2.08. The van der Waals surface area contributed by atoms with Crippen LogP contribution in [0.25, 0.3) is 12.2 Å². The predicted molar refractivity (Wildman–Crippen MR) is 118 cm³/mol. The quantitative estimate of drug-likeness (QED) is 0.258. The number of carbonyl (C=O) groups is 1. The van der Waals surface area contributed by atoms with Crippen LogP contribution in [0, 0.1) is 5.82 Å². The highest BCUT2D eigenvalue weighted by Gasteiger charge is 2.09. The summed E-state index contributed by atoms with van der Waals surface area (Å²) in [6, 6.07) is 19.9. The first-order chi connectivity index (χ1) is 14.5. The summed E-state index contributed by atoms with van der Waals surface area (Å²) in [5.74, 6) is -0.239. The minimum absolute atomic E-state index is 0.0999. The zero-order valence-corrected chi connectivity index (χ0v) is 17.0. The normalized spacial score (nSPS) is 11.0. The number of ketones is 1. The Hall–Kier alpha value is -3.40. The maximum absolute atomic E-state index is 14.4. The van der Waals surface area contributed by atoms with Crippen molar-refractivity contribution in [3.8, 4) is 11.5 Å². The molecule has 0 radical (unpaired) electrons. The first-order valence-corrected chi connectivity index (χ1v) is 10.0. The minimum atomic E-state index is -0.407. The molecule has 3 aromatic rings. The van der Waals surface area contributed by atoms with Crippen LogP contribution in [0.3, 0.4) is 0 Å². The summed E-state index contributed by atoms with van der Waals surface area (Å²) in [5.41, 5.74) is 2.38. The van der Waals surface area contributed by atoms with Crippen LogP contribution < -0.4 is 4.74 Å². The van der Waals surface area contributed by atoms with Crippen LogP contribution in [-0.4, -0.2) is 17.5 Å². The van der Waals surface area contributed by atoms with E-state index in [-0.39, 0.29) is 17.1 Å². The lowest BCUT2D eigenvalue weighted by molar-refractivity contribution is 0.101. The van der Waals surface area contributed by atoms with Crippen molar-refractivity contribution in [2.24, 2.45) is 0 Å². The third kappa shape index (κ3) is 5.80. The van der Waals surface area contributed by atoms with Crippen LogP contribution in [-0.2, 0) is 6.42 Å². The lowest BCUT2D eigenvalue weighted by atomic mass is 10.0. The van der Waals surface area contributed by atoms with Crippen molar-refractivity contribution in [1.29, 1.82) is 0 Å². The van der Waals surface area contributed by atoms with Gasteiger partial charge in [0.15, 0.2) is 5.78 Å². The van der Waals surface area contributed by atoms with Crippen LogP contribution in [0.15, 0.2) is 66.7 Å². The number of phenols is 1. The summed E-state index contributed by atoms with van der Waals surface area (Å²) in [4.78, 5) is 11.5. The van der Waals surface area contributed by atoms with Crippen molar-refractivity contribution in [2.45, 2.75) is 26.2 Å². The van der Waals surface area contributed by atoms with E-state index in [1.807, 2.05) is 18.2 Å². The average Bonchev–Trinajstić information content (AvgIpc) is 2.74. The Morgan fingerprint density at radius 3 is 2.47 bits per heavy atom. The number of aromatic hydroxyl groups is 1. The van der Waals surface area contributed by atoms with E-state index >= 15 is 0 Å². The van der Waals surface area contributed by atoms with Crippen LogP contribution in [0.4, 0.5) is 4.39 Å². The van der Waals surface area contributed by atoms with Gasteiger partial charge in [-0.2, -0.15) is 0 Å². The number of aryl methyl sites for hydroxylation is 1. The summed E-state index contributed by atoms with van der Waals surface area (Å²) in [5, 5.41) is 10.2. The van der Waals surface area contributed by atoms with Gasteiger partial charge in [-0.25, -0.2) is 4.39 Å². The van der Waals surface area contributed by atoms with Gasteiger partial charge in [0.1, 0.15) is 17.3 Å². The fourth-order valence-corrected chi connectivity index (χ4v) is 3.16. The second kappa shape index (κ2) is 10.4. The summed E-state index contributed by atoms with van der Waals surface area (Å²) in [6.45, 7) is 1.93. The molecule has 0 saturated carbocycles. The molecule has 0 aromatic heterocycles. The van der Waals surface area contributed by atoms with Crippen molar-refractivity contribution in [3.05, 3.63) is 94.8 Å². The van der Waals surface area contributed by atoms with Gasteiger partial charge in [-0.05, 0) is 49.9 Å². The molecule has 0 fully saturated rings. The van der Waals surface area contributed by atoms with Crippen molar-refractivity contribution in [1.82, 2.24) is 0 Å². The molecule has 1 N–H and O–H groups in total. The Kier molecular flexibility index (Phi) is 7.39. The number of Topliss-reactive ketones (excluding diaryl/α,β-unsaturated/α-hetero) is 1. The van der Waals surface area contributed by atoms with Crippen molar-refractivity contribution in [2.75, 3.05) is 6.61 Å². The number of hydrogen-bond acceptors (Lipinski definition) is 3. The molecule has 0 bridgehead atoms. The van der Waals surface area contributed by atoms with Gasteiger partial charge < -0.3 is 9.84 Å². The number of unbranched alkanes of at least 4 members (excludes halogenated alkanes) is 1. The molecule has 4 heteroatoms. The van der Waals surface area contributed by atoms with E-state index in [1.165, 1.54) is 18.6 Å². The Balaban J connectivity index is 1.54. The Morgan fingerprint density at radius 2 is 1.73 bits per heavy atom. The van der Waals surface area contributed by atoms with E-state index in [1.54, 1.807) is 42.5 Å². The number of halogens is 1. The van der Waals surface area contributed by atoms with Crippen molar-refractivity contribution >= 4 is 17.9 Å². The Bertz CT molecular complexity index is 1030. The van der Waals surface area contributed by atoms with Crippen molar-refractivity contribution < 1.29 is 19.0 Å². The van der Waals surface area contributed by atoms with Gasteiger partial charge in [0, 0.05) is 17.2 Å². The Morgan fingerprint density at radius 1 is 0.967 bits per heavy atom. The van der Waals surface area contributed by atoms with Gasteiger partial charge in [0.05, 0.1) is 12.2 Å². The highest BCUT2D eigenvalue weighted by atomic mass is 19.1. The monoisotopic (exact) mass is 404 g/mol. The zero-order valence-electron chi connectivity index (χ0n) is 17.0. The standard InChI is InChI=1S/C26H25FO3/c1-19(28)24-12-7-11-22(26(24)29)14-13-21-15-16-23(18-25(21)27)30-17-6-5-10-20-8-3-2-4-9-20/h2-4,7-9,11-16,18,29H,5-6,10,17H2,1H3/b14-13+. The SMILES string of the molecule is CC(=O)c1cccc(/C=C/c2ccc(OCCCCc3ccccc3)cc2F)c1O. The maximum Gasteiger partial charge on any atom is 0.163 e. The van der Waals surface area contributed by atoms with Gasteiger partial charge in [0.2, 0.25) is 0 Å². The number of ether oxygens (including phenoxy) is 1. The molecule has 154 valence electrons. The summed E-state index contributed by atoms with van der Waals surface area (Å²) in [7, 11) is 0. The molecule has 0 aliphatic rings. The molecule has 0 aliphatic carbocycles. The first-order valence-electron chi connectivity index (χ1n) is 10.0. The summed E-state index contributed by atoms with van der Waals surface area (Å²) < 4.78 is 20.1. The average molecular weight is 404 g/mol. The molecular formula is C26H25FO3. The molecule has 3 nitrogen and oxygen atoms in total. The fourth-order valence-electron chi connectivity index (χ4n) is 3.16. The van der Waals surface area contributed by atoms with E-state index in [4.69, 9.17) is 4.74 Å². The largest absolute Gasteiger partial charge is 0.507 e. The van der Waals surface area contributed by atoms with E-state index < -0.39 is 5.82 Å². The molecule has 0 aliphatic heterocycles. The van der Waals surface area contributed by atoms with Crippen LogP contribution in [0.5, 0.6) is 11.5 Å². The van der Waals surface area contributed by atoms with Crippen LogP contribution >= 0.6 is 0 Å².